The normalized spacial score (nSPS) is 12.6. The van der Waals surface area contributed by atoms with Crippen LogP contribution in [0, 0.1) is 13.8 Å². The van der Waals surface area contributed by atoms with E-state index < -0.39 is 17.8 Å². The van der Waals surface area contributed by atoms with Crippen LogP contribution >= 0.6 is 0 Å². The Morgan fingerprint density at radius 3 is 2.73 bits per heavy atom. The number of aryl methyl sites for hydroxylation is 1. The summed E-state index contributed by atoms with van der Waals surface area (Å²) in [6.45, 7) is 0.577. The number of aromatic amines is 1. The number of hydrogen-bond donors (Lipinski definition) is 1. The molecule has 0 bridgehead atoms. The Morgan fingerprint density at radius 2 is 2.04 bits per heavy atom. The topological polar surface area (TPSA) is 83.1 Å². The maximum Gasteiger partial charge on any atom is 0.387 e. The molecular formula is C17H17F2N3O3S. The van der Waals surface area contributed by atoms with E-state index in [0.717, 1.165) is 5.56 Å². The van der Waals surface area contributed by atoms with E-state index in [0.29, 0.717) is 28.0 Å². The predicted molar refractivity (Wildman–Crippen MR) is 93.1 cm³/mol. The Labute approximate surface area is 151 Å². The Bertz CT molecular complexity index is 933. The zero-order chi connectivity index (χ0) is 18.8. The first kappa shape index (κ1) is 18.4. The first-order valence-electron chi connectivity index (χ1n) is 7.71. The van der Waals surface area contributed by atoms with E-state index in [1.807, 2.05) is 6.92 Å². The number of rotatable bonds is 6. The van der Waals surface area contributed by atoms with Gasteiger partial charge in [-0.15, -0.1) is 0 Å². The molecule has 0 spiro atoms. The van der Waals surface area contributed by atoms with E-state index in [1.54, 1.807) is 32.4 Å². The maximum atomic E-state index is 12.7. The van der Waals surface area contributed by atoms with Crippen LogP contribution < -0.4 is 9.47 Å². The zero-order valence-electron chi connectivity index (χ0n) is 14.4. The average molecular weight is 381 g/mol. The Kier molecular flexibility index (Phi) is 5.28. The van der Waals surface area contributed by atoms with Gasteiger partial charge in [-0.25, -0.2) is 0 Å². The van der Waals surface area contributed by atoms with Gasteiger partial charge < -0.3 is 14.0 Å². The predicted octanol–water partition coefficient (Wildman–Crippen LogP) is 3.49. The fourth-order valence-electron chi connectivity index (χ4n) is 2.57. The molecule has 2 heterocycles. The third kappa shape index (κ3) is 3.73. The van der Waals surface area contributed by atoms with Gasteiger partial charge in [-0.05, 0) is 31.5 Å². The van der Waals surface area contributed by atoms with E-state index in [1.165, 1.54) is 6.07 Å². The van der Waals surface area contributed by atoms with Crippen LogP contribution in [0.2, 0.25) is 0 Å². The number of aromatic nitrogens is 3. The van der Waals surface area contributed by atoms with Crippen LogP contribution in [-0.2, 0) is 16.9 Å². The molecule has 0 aliphatic rings. The molecule has 138 valence electrons. The van der Waals surface area contributed by atoms with Crippen molar-refractivity contribution in [2.24, 2.45) is 0 Å². The van der Waals surface area contributed by atoms with Gasteiger partial charge in [-0.1, -0.05) is 0 Å². The molecule has 1 atom stereocenters. The lowest BCUT2D eigenvalue weighted by molar-refractivity contribution is -0.0502. The van der Waals surface area contributed by atoms with Gasteiger partial charge in [0.1, 0.15) is 11.5 Å². The van der Waals surface area contributed by atoms with Crippen molar-refractivity contribution < 1.29 is 22.8 Å². The van der Waals surface area contributed by atoms with Crippen molar-refractivity contribution in [3.63, 3.8) is 0 Å². The molecule has 0 radical (unpaired) electrons. The highest BCUT2D eigenvalue weighted by atomic mass is 32.2. The van der Waals surface area contributed by atoms with E-state index >= 15 is 0 Å². The second-order valence-electron chi connectivity index (χ2n) is 5.63. The second kappa shape index (κ2) is 7.46. The van der Waals surface area contributed by atoms with Gasteiger partial charge in [0, 0.05) is 29.0 Å². The van der Waals surface area contributed by atoms with E-state index in [9.17, 15) is 13.3 Å². The molecule has 3 aromatic rings. The highest BCUT2D eigenvalue weighted by Crippen LogP contribution is 2.28. The third-order valence-corrected chi connectivity index (χ3v) is 5.10. The lowest BCUT2D eigenvalue weighted by Gasteiger charge is -2.10. The SMILES string of the molecule is COc1ccnc(C[S+]([O-])c2nc3cc(OC(F)F)c(C)cc3[nH]2)c1C. The minimum Gasteiger partial charge on any atom is -0.609 e. The quantitative estimate of drug-likeness (QED) is 0.661. The first-order chi connectivity index (χ1) is 12.4. The van der Waals surface area contributed by atoms with Gasteiger partial charge in [0.2, 0.25) is 0 Å². The molecular weight excluding hydrogens is 364 g/mol. The van der Waals surface area contributed by atoms with Gasteiger partial charge in [-0.2, -0.15) is 13.8 Å². The molecule has 6 nitrogen and oxygen atoms in total. The molecule has 3 rings (SSSR count). The molecule has 0 saturated carbocycles. The number of ether oxygens (including phenoxy) is 2. The second-order valence-corrected chi connectivity index (χ2v) is 7.00. The van der Waals surface area contributed by atoms with Crippen molar-refractivity contribution in [2.75, 3.05) is 7.11 Å². The molecule has 1 N–H and O–H groups in total. The summed E-state index contributed by atoms with van der Waals surface area (Å²) < 4.78 is 47.3. The number of alkyl halides is 2. The molecule has 2 aromatic heterocycles. The Hall–Kier alpha value is -2.39. The molecule has 1 aromatic carbocycles. The van der Waals surface area contributed by atoms with E-state index in [2.05, 4.69) is 19.7 Å². The highest BCUT2D eigenvalue weighted by molar-refractivity contribution is 7.90. The molecule has 0 amide bonds. The van der Waals surface area contributed by atoms with Crippen LogP contribution in [0.25, 0.3) is 11.0 Å². The molecule has 1 unspecified atom stereocenters. The number of pyridine rings is 1. The van der Waals surface area contributed by atoms with Crippen molar-refractivity contribution in [2.45, 2.75) is 31.4 Å². The molecule has 0 aliphatic heterocycles. The number of benzene rings is 1. The lowest BCUT2D eigenvalue weighted by atomic mass is 10.2. The summed E-state index contributed by atoms with van der Waals surface area (Å²) in [5.41, 5.74) is 2.99. The smallest absolute Gasteiger partial charge is 0.387 e. The summed E-state index contributed by atoms with van der Waals surface area (Å²) in [6, 6.07) is 4.77. The summed E-state index contributed by atoms with van der Waals surface area (Å²) in [6.07, 6.45) is 1.59. The summed E-state index contributed by atoms with van der Waals surface area (Å²) in [5, 5.41) is 0.248. The van der Waals surface area contributed by atoms with Gasteiger partial charge in [0.15, 0.2) is 5.75 Å². The van der Waals surface area contributed by atoms with Crippen LogP contribution in [-0.4, -0.2) is 33.2 Å². The number of imidazole rings is 1. The fourth-order valence-corrected chi connectivity index (χ4v) is 3.67. The Balaban J connectivity index is 1.88. The number of H-pyrrole nitrogens is 1. The molecule has 0 aliphatic carbocycles. The van der Waals surface area contributed by atoms with Crippen molar-refractivity contribution in [1.82, 2.24) is 15.0 Å². The number of hydrogen-bond acceptors (Lipinski definition) is 5. The minimum absolute atomic E-state index is 0.0432. The number of methoxy groups -OCH3 is 1. The van der Waals surface area contributed by atoms with E-state index in [-0.39, 0.29) is 16.7 Å². The fraction of sp³-hybridized carbons (Fsp3) is 0.294. The summed E-state index contributed by atoms with van der Waals surface area (Å²) in [7, 11) is 1.56. The van der Waals surface area contributed by atoms with Gasteiger partial charge in [-0.3, -0.25) is 9.97 Å². The Morgan fingerprint density at radius 1 is 1.27 bits per heavy atom. The number of fused-ring (bicyclic) bond motifs is 1. The van der Waals surface area contributed by atoms with Crippen LogP contribution in [0.3, 0.4) is 0 Å². The van der Waals surface area contributed by atoms with Crippen LogP contribution in [0.15, 0.2) is 29.6 Å². The maximum absolute atomic E-state index is 12.7. The van der Waals surface area contributed by atoms with Crippen molar-refractivity contribution >= 4 is 22.2 Å². The molecule has 26 heavy (non-hydrogen) atoms. The zero-order valence-corrected chi connectivity index (χ0v) is 15.2. The number of nitrogens with one attached hydrogen (secondary N) is 1. The van der Waals surface area contributed by atoms with Crippen LogP contribution in [0.4, 0.5) is 8.78 Å². The van der Waals surface area contributed by atoms with Gasteiger partial charge >= 0.3 is 11.8 Å². The highest BCUT2D eigenvalue weighted by Gasteiger charge is 2.21. The monoisotopic (exact) mass is 381 g/mol. The molecule has 9 heteroatoms. The average Bonchev–Trinajstić information content (AvgIpc) is 2.99. The van der Waals surface area contributed by atoms with E-state index in [4.69, 9.17) is 4.74 Å². The lowest BCUT2D eigenvalue weighted by Crippen LogP contribution is -2.10. The van der Waals surface area contributed by atoms with Crippen LogP contribution in [0.5, 0.6) is 11.5 Å². The summed E-state index contributed by atoms with van der Waals surface area (Å²) in [5.74, 6) is 0.866. The van der Waals surface area contributed by atoms with Gasteiger partial charge in [0.05, 0.1) is 23.8 Å². The standard InChI is InChI=1S/C17H17F2N3O3S/c1-9-6-11-12(7-15(9)25-16(18)19)22-17(21-11)26(23)8-13-10(2)14(24-3)4-5-20-13/h4-7,16H,8H2,1-3H3,(H,21,22). The number of nitrogens with zero attached hydrogens (tertiary/aromatic N) is 2. The molecule has 0 saturated heterocycles. The number of halogens is 2. The van der Waals surface area contributed by atoms with Crippen molar-refractivity contribution in [3.8, 4) is 11.5 Å². The third-order valence-electron chi connectivity index (χ3n) is 3.94. The molecule has 0 fully saturated rings. The van der Waals surface area contributed by atoms with Crippen molar-refractivity contribution in [1.29, 1.82) is 0 Å². The van der Waals surface area contributed by atoms with Gasteiger partial charge in [0.25, 0.3) is 0 Å². The van der Waals surface area contributed by atoms with Crippen LogP contribution in [0.1, 0.15) is 16.8 Å². The largest absolute Gasteiger partial charge is 0.609 e. The minimum atomic E-state index is -2.92. The summed E-state index contributed by atoms with van der Waals surface area (Å²) in [4.78, 5) is 11.5. The first-order valence-corrected chi connectivity index (χ1v) is 9.03. The summed E-state index contributed by atoms with van der Waals surface area (Å²) >= 11 is -1.49. The van der Waals surface area contributed by atoms with Crippen molar-refractivity contribution in [3.05, 3.63) is 41.2 Å².